The Labute approximate surface area is 206 Å². The summed E-state index contributed by atoms with van der Waals surface area (Å²) in [7, 11) is 0. The summed E-state index contributed by atoms with van der Waals surface area (Å²) in [5.74, 6) is -1.57. The number of rotatable bonds is 8. The van der Waals surface area contributed by atoms with Crippen LogP contribution in [0, 0.1) is 11.8 Å². The minimum atomic E-state index is -0.893. The van der Waals surface area contributed by atoms with Crippen LogP contribution in [0.15, 0.2) is 48.5 Å². The van der Waals surface area contributed by atoms with E-state index in [2.05, 4.69) is 29.6 Å². The first kappa shape index (κ1) is 24.8. The molecule has 2 amide bonds. The van der Waals surface area contributed by atoms with Gasteiger partial charge >= 0.3 is 12.1 Å². The van der Waals surface area contributed by atoms with Crippen molar-refractivity contribution in [3.63, 3.8) is 0 Å². The van der Waals surface area contributed by atoms with Crippen LogP contribution in [0.2, 0.25) is 0 Å². The number of carbonyl (C=O) groups excluding carboxylic acids is 2. The normalized spacial score (nSPS) is 20.6. The van der Waals surface area contributed by atoms with E-state index in [-0.39, 0.29) is 24.3 Å². The Hall–Kier alpha value is -3.35. The van der Waals surface area contributed by atoms with Crippen molar-refractivity contribution in [3.8, 4) is 11.1 Å². The van der Waals surface area contributed by atoms with Crippen molar-refractivity contribution < 1.29 is 24.2 Å². The molecule has 2 N–H and O–H groups in total. The number of aliphatic carboxylic acids is 1. The molecule has 0 radical (unpaired) electrons. The number of hydrogen-bond acceptors (Lipinski definition) is 4. The Morgan fingerprint density at radius 3 is 2.23 bits per heavy atom. The largest absolute Gasteiger partial charge is 0.481 e. The highest BCUT2D eigenvalue weighted by Gasteiger charge is 2.41. The summed E-state index contributed by atoms with van der Waals surface area (Å²) in [5, 5.41) is 12.2. The average molecular weight is 479 g/mol. The van der Waals surface area contributed by atoms with Crippen molar-refractivity contribution in [2.45, 2.75) is 58.0 Å². The van der Waals surface area contributed by atoms with E-state index in [1.54, 1.807) is 11.8 Å². The molecule has 186 valence electrons. The van der Waals surface area contributed by atoms with Crippen LogP contribution in [0.5, 0.6) is 0 Å². The summed E-state index contributed by atoms with van der Waals surface area (Å²) in [5.41, 5.74) is 4.55. The standard InChI is InChI=1S/C28H34N2O5/c1-4-17(2)15-25(26(31)30-14-13-19(18(30)3)27(32)33)29-28(34)35-16-24-22-11-7-5-9-20(22)21-10-6-8-12-23(21)24/h5-12,17-19,24-25H,4,13-16H2,1-3H3,(H,29,34)(H,32,33). The molecule has 7 nitrogen and oxygen atoms in total. The molecule has 2 aromatic rings. The van der Waals surface area contributed by atoms with Crippen LogP contribution < -0.4 is 5.32 Å². The van der Waals surface area contributed by atoms with Gasteiger partial charge in [-0.3, -0.25) is 9.59 Å². The topological polar surface area (TPSA) is 95.9 Å². The summed E-state index contributed by atoms with van der Waals surface area (Å²) in [4.78, 5) is 39.3. The van der Waals surface area contributed by atoms with Gasteiger partial charge in [-0.25, -0.2) is 4.79 Å². The molecule has 0 aromatic heterocycles. The van der Waals surface area contributed by atoms with E-state index < -0.39 is 30.1 Å². The Balaban J connectivity index is 1.44. The van der Waals surface area contributed by atoms with Gasteiger partial charge in [0.1, 0.15) is 12.6 Å². The van der Waals surface area contributed by atoms with E-state index in [9.17, 15) is 19.5 Å². The highest BCUT2D eigenvalue weighted by atomic mass is 16.5. The number of amides is 2. The molecule has 0 saturated carbocycles. The molecule has 1 aliphatic carbocycles. The number of carboxylic acid groups (broad SMARTS) is 1. The molecule has 35 heavy (non-hydrogen) atoms. The van der Waals surface area contributed by atoms with Crippen molar-refractivity contribution in [1.29, 1.82) is 0 Å². The number of carboxylic acids is 1. The molecular formula is C28H34N2O5. The van der Waals surface area contributed by atoms with Gasteiger partial charge in [0.25, 0.3) is 0 Å². The lowest BCUT2D eigenvalue weighted by atomic mass is 9.97. The number of carbonyl (C=O) groups is 3. The van der Waals surface area contributed by atoms with Crippen LogP contribution in [0.1, 0.15) is 57.1 Å². The van der Waals surface area contributed by atoms with E-state index in [1.807, 2.05) is 38.1 Å². The fourth-order valence-corrected chi connectivity index (χ4v) is 5.35. The highest BCUT2D eigenvalue weighted by Crippen LogP contribution is 2.44. The van der Waals surface area contributed by atoms with Crippen molar-refractivity contribution in [3.05, 3.63) is 59.7 Å². The maximum absolute atomic E-state index is 13.4. The SMILES string of the molecule is CCC(C)CC(NC(=O)OCC1c2ccccc2-c2ccccc21)C(=O)N1CCC(C(=O)O)C1C. The minimum absolute atomic E-state index is 0.0632. The quantitative estimate of drug-likeness (QED) is 0.576. The van der Waals surface area contributed by atoms with Crippen molar-refractivity contribution in [1.82, 2.24) is 10.2 Å². The van der Waals surface area contributed by atoms with E-state index in [0.29, 0.717) is 19.4 Å². The lowest BCUT2D eigenvalue weighted by Gasteiger charge is -2.29. The Bertz CT molecular complexity index is 1050. The van der Waals surface area contributed by atoms with Gasteiger partial charge in [0.05, 0.1) is 5.92 Å². The number of hydrogen-bond donors (Lipinski definition) is 2. The van der Waals surface area contributed by atoms with Gasteiger partial charge < -0.3 is 20.1 Å². The third kappa shape index (κ3) is 5.04. The van der Waals surface area contributed by atoms with Crippen LogP contribution in [-0.4, -0.2) is 53.2 Å². The molecule has 4 rings (SSSR count). The number of fused-ring (bicyclic) bond motifs is 3. The Morgan fingerprint density at radius 1 is 1.09 bits per heavy atom. The summed E-state index contributed by atoms with van der Waals surface area (Å²) < 4.78 is 5.67. The fraction of sp³-hybridized carbons (Fsp3) is 0.464. The molecule has 4 atom stereocenters. The molecule has 2 aromatic carbocycles. The van der Waals surface area contributed by atoms with Crippen molar-refractivity contribution >= 4 is 18.0 Å². The second-order valence-corrected chi connectivity index (χ2v) is 9.78. The van der Waals surface area contributed by atoms with E-state index in [0.717, 1.165) is 28.7 Å². The zero-order valence-electron chi connectivity index (χ0n) is 20.6. The molecule has 1 heterocycles. The van der Waals surface area contributed by atoms with E-state index in [1.165, 1.54) is 0 Å². The summed E-state index contributed by atoms with van der Waals surface area (Å²) in [6.45, 7) is 6.38. The first-order chi connectivity index (χ1) is 16.8. The fourth-order valence-electron chi connectivity index (χ4n) is 5.35. The van der Waals surface area contributed by atoms with E-state index in [4.69, 9.17) is 4.74 Å². The molecule has 7 heteroatoms. The number of ether oxygens (including phenoxy) is 1. The Morgan fingerprint density at radius 2 is 1.69 bits per heavy atom. The van der Waals surface area contributed by atoms with Crippen LogP contribution >= 0.6 is 0 Å². The monoisotopic (exact) mass is 478 g/mol. The van der Waals surface area contributed by atoms with Crippen molar-refractivity contribution in [2.75, 3.05) is 13.2 Å². The van der Waals surface area contributed by atoms with Gasteiger partial charge in [0.2, 0.25) is 5.91 Å². The second kappa shape index (κ2) is 10.5. The van der Waals surface area contributed by atoms with Crippen molar-refractivity contribution in [2.24, 2.45) is 11.8 Å². The van der Waals surface area contributed by atoms with Gasteiger partial charge in [0, 0.05) is 18.5 Å². The predicted octanol–water partition coefficient (Wildman–Crippen LogP) is 4.65. The minimum Gasteiger partial charge on any atom is -0.481 e. The average Bonchev–Trinajstić information content (AvgIpc) is 3.39. The van der Waals surface area contributed by atoms with Crippen LogP contribution in [0.25, 0.3) is 11.1 Å². The molecule has 1 aliphatic heterocycles. The number of alkyl carbamates (subject to hydrolysis) is 1. The molecule has 1 fully saturated rings. The van der Waals surface area contributed by atoms with Crippen LogP contribution in [-0.2, 0) is 14.3 Å². The number of benzene rings is 2. The summed E-state index contributed by atoms with van der Waals surface area (Å²) in [6.07, 6.45) is 1.13. The molecule has 2 aliphatic rings. The van der Waals surface area contributed by atoms with E-state index >= 15 is 0 Å². The molecule has 0 bridgehead atoms. The number of likely N-dealkylation sites (tertiary alicyclic amines) is 1. The molecular weight excluding hydrogens is 444 g/mol. The third-order valence-corrected chi connectivity index (χ3v) is 7.62. The van der Waals surface area contributed by atoms with Crippen LogP contribution in [0.4, 0.5) is 4.79 Å². The number of nitrogens with one attached hydrogen (secondary N) is 1. The van der Waals surface area contributed by atoms with Gasteiger partial charge in [-0.05, 0) is 47.9 Å². The summed E-state index contributed by atoms with van der Waals surface area (Å²) in [6, 6.07) is 15.1. The van der Waals surface area contributed by atoms with Gasteiger partial charge in [-0.15, -0.1) is 0 Å². The first-order valence-corrected chi connectivity index (χ1v) is 12.5. The highest BCUT2D eigenvalue weighted by molar-refractivity contribution is 5.87. The lowest BCUT2D eigenvalue weighted by molar-refractivity contribution is -0.143. The third-order valence-electron chi connectivity index (χ3n) is 7.62. The Kier molecular flexibility index (Phi) is 7.43. The number of nitrogens with zero attached hydrogens (tertiary/aromatic N) is 1. The molecule has 1 saturated heterocycles. The summed E-state index contributed by atoms with van der Waals surface area (Å²) >= 11 is 0. The first-order valence-electron chi connectivity index (χ1n) is 12.5. The van der Waals surface area contributed by atoms with Gasteiger partial charge in [-0.1, -0.05) is 68.8 Å². The smallest absolute Gasteiger partial charge is 0.407 e. The predicted molar refractivity (Wildman–Crippen MR) is 133 cm³/mol. The maximum atomic E-state index is 13.4. The van der Waals surface area contributed by atoms with Gasteiger partial charge in [0.15, 0.2) is 0 Å². The molecule has 4 unspecified atom stereocenters. The second-order valence-electron chi connectivity index (χ2n) is 9.78. The lowest BCUT2D eigenvalue weighted by Crippen LogP contribution is -2.51. The zero-order valence-corrected chi connectivity index (χ0v) is 20.6. The molecule has 0 spiro atoms. The maximum Gasteiger partial charge on any atom is 0.407 e. The zero-order chi connectivity index (χ0) is 25.1. The van der Waals surface area contributed by atoms with Gasteiger partial charge in [-0.2, -0.15) is 0 Å². The van der Waals surface area contributed by atoms with Crippen LogP contribution in [0.3, 0.4) is 0 Å².